The number of H-pyrrole nitrogens is 1. The van der Waals surface area contributed by atoms with Crippen molar-refractivity contribution in [3.05, 3.63) is 66.4 Å². The summed E-state index contributed by atoms with van der Waals surface area (Å²) in [6.07, 6.45) is 1.65. The molecule has 0 fully saturated rings. The Morgan fingerprint density at radius 3 is 2.60 bits per heavy atom. The first-order chi connectivity index (χ1) is 12.0. The molecule has 128 valence electrons. The van der Waals surface area contributed by atoms with Crippen LogP contribution in [0.3, 0.4) is 0 Å². The van der Waals surface area contributed by atoms with Crippen LogP contribution in [-0.4, -0.2) is 31.6 Å². The van der Waals surface area contributed by atoms with Gasteiger partial charge in [-0.15, -0.1) is 0 Å². The molecule has 2 aromatic carbocycles. The van der Waals surface area contributed by atoms with E-state index >= 15 is 0 Å². The van der Waals surface area contributed by atoms with Crippen LogP contribution in [0.2, 0.25) is 0 Å². The van der Waals surface area contributed by atoms with Crippen LogP contribution in [0.25, 0.3) is 11.3 Å². The van der Waals surface area contributed by atoms with Gasteiger partial charge in [0.25, 0.3) is 5.91 Å². The number of aromatic amines is 1. The van der Waals surface area contributed by atoms with Crippen molar-refractivity contribution in [1.82, 2.24) is 14.9 Å². The maximum atomic E-state index is 12.4. The number of anilines is 1. The van der Waals surface area contributed by atoms with Gasteiger partial charge in [0.05, 0.1) is 10.6 Å². The van der Waals surface area contributed by atoms with Gasteiger partial charge in [0.2, 0.25) is 10.0 Å². The number of nitrogens with zero attached hydrogens (tertiary/aromatic N) is 1. The van der Waals surface area contributed by atoms with E-state index in [1.54, 1.807) is 24.4 Å². The molecule has 3 aromatic rings. The third-order valence-electron chi connectivity index (χ3n) is 3.61. The summed E-state index contributed by atoms with van der Waals surface area (Å²) < 4.78 is 25.9. The molecule has 7 nitrogen and oxygen atoms in total. The van der Waals surface area contributed by atoms with Crippen LogP contribution in [-0.2, 0) is 10.0 Å². The Morgan fingerprint density at radius 1 is 1.08 bits per heavy atom. The smallest absolute Gasteiger partial charge is 0.255 e. The molecular formula is C17H16N4O3S. The summed E-state index contributed by atoms with van der Waals surface area (Å²) in [6.45, 7) is 0. The normalized spacial score (nSPS) is 11.2. The van der Waals surface area contributed by atoms with Crippen molar-refractivity contribution in [3.8, 4) is 11.3 Å². The highest BCUT2D eigenvalue weighted by Crippen LogP contribution is 2.21. The molecule has 0 saturated carbocycles. The standard InChI is InChI=1S/C17H16N4O3S/c1-18-25(23,24)15-7-3-5-13(11-15)17(22)20-14-6-2-4-12(10-14)16-8-9-19-21-16/h2-11,18H,1H3,(H,19,21)(H,20,22). The van der Waals surface area contributed by atoms with E-state index in [2.05, 4.69) is 20.2 Å². The predicted octanol–water partition coefficient (Wildman–Crippen LogP) is 2.24. The molecule has 0 aliphatic rings. The number of nitrogens with one attached hydrogen (secondary N) is 3. The van der Waals surface area contributed by atoms with Gasteiger partial charge in [0, 0.05) is 23.0 Å². The Morgan fingerprint density at radius 2 is 1.88 bits per heavy atom. The first-order valence-corrected chi connectivity index (χ1v) is 8.93. The topological polar surface area (TPSA) is 104 Å². The number of hydrogen-bond donors (Lipinski definition) is 3. The van der Waals surface area contributed by atoms with Crippen LogP contribution >= 0.6 is 0 Å². The molecule has 25 heavy (non-hydrogen) atoms. The summed E-state index contributed by atoms with van der Waals surface area (Å²) in [5.74, 6) is -0.394. The number of sulfonamides is 1. The first kappa shape index (κ1) is 16.9. The molecule has 0 unspecified atom stereocenters. The van der Waals surface area contributed by atoms with Gasteiger partial charge in [0.15, 0.2) is 0 Å². The molecule has 0 bridgehead atoms. The van der Waals surface area contributed by atoms with Crippen LogP contribution in [0.5, 0.6) is 0 Å². The van der Waals surface area contributed by atoms with Gasteiger partial charge in [-0.3, -0.25) is 9.89 Å². The molecule has 0 atom stereocenters. The van der Waals surface area contributed by atoms with Gasteiger partial charge in [-0.1, -0.05) is 18.2 Å². The first-order valence-electron chi connectivity index (χ1n) is 7.44. The van der Waals surface area contributed by atoms with Gasteiger partial charge in [-0.2, -0.15) is 5.10 Å². The average molecular weight is 356 g/mol. The summed E-state index contributed by atoms with van der Waals surface area (Å²) in [4.78, 5) is 12.5. The Bertz CT molecular complexity index is 998. The number of carbonyl (C=O) groups excluding carboxylic acids is 1. The van der Waals surface area contributed by atoms with Gasteiger partial charge >= 0.3 is 0 Å². The molecule has 0 aliphatic heterocycles. The van der Waals surface area contributed by atoms with Crippen molar-refractivity contribution in [2.24, 2.45) is 0 Å². The van der Waals surface area contributed by atoms with Crippen LogP contribution in [0.1, 0.15) is 10.4 Å². The van der Waals surface area contributed by atoms with E-state index in [0.717, 1.165) is 11.3 Å². The lowest BCUT2D eigenvalue weighted by atomic mass is 10.1. The van der Waals surface area contributed by atoms with E-state index in [0.29, 0.717) is 5.69 Å². The van der Waals surface area contributed by atoms with Gasteiger partial charge in [-0.25, -0.2) is 13.1 Å². The molecule has 0 radical (unpaired) electrons. The Hall–Kier alpha value is -2.97. The summed E-state index contributed by atoms with van der Waals surface area (Å²) >= 11 is 0. The van der Waals surface area contributed by atoms with E-state index in [1.165, 1.54) is 25.2 Å². The van der Waals surface area contributed by atoms with Crippen molar-refractivity contribution < 1.29 is 13.2 Å². The molecular weight excluding hydrogens is 340 g/mol. The van der Waals surface area contributed by atoms with Crippen LogP contribution in [0.15, 0.2) is 65.7 Å². The highest BCUT2D eigenvalue weighted by Gasteiger charge is 2.14. The number of amides is 1. The van der Waals surface area contributed by atoms with Gasteiger partial charge < -0.3 is 5.32 Å². The van der Waals surface area contributed by atoms with Crippen molar-refractivity contribution in [1.29, 1.82) is 0 Å². The van der Waals surface area contributed by atoms with Crippen molar-refractivity contribution in [3.63, 3.8) is 0 Å². The third-order valence-corrected chi connectivity index (χ3v) is 5.02. The van der Waals surface area contributed by atoms with E-state index in [1.807, 2.05) is 18.2 Å². The highest BCUT2D eigenvalue weighted by atomic mass is 32.2. The zero-order valence-corrected chi connectivity index (χ0v) is 14.2. The SMILES string of the molecule is CNS(=O)(=O)c1cccc(C(=O)Nc2cccc(-c3ccn[nH]3)c2)c1. The monoisotopic (exact) mass is 356 g/mol. The highest BCUT2D eigenvalue weighted by molar-refractivity contribution is 7.89. The minimum absolute atomic E-state index is 0.0360. The number of aromatic nitrogens is 2. The predicted molar refractivity (Wildman–Crippen MR) is 94.7 cm³/mol. The zero-order chi connectivity index (χ0) is 17.9. The maximum Gasteiger partial charge on any atom is 0.255 e. The minimum atomic E-state index is -3.60. The molecule has 8 heteroatoms. The Kier molecular flexibility index (Phi) is 4.64. The van der Waals surface area contributed by atoms with Crippen LogP contribution < -0.4 is 10.0 Å². The van der Waals surface area contributed by atoms with Crippen molar-refractivity contribution in [2.75, 3.05) is 12.4 Å². The quantitative estimate of drug-likeness (QED) is 0.652. The Balaban J connectivity index is 1.84. The van der Waals surface area contributed by atoms with E-state index in [4.69, 9.17) is 0 Å². The lowest BCUT2D eigenvalue weighted by Gasteiger charge is -2.08. The average Bonchev–Trinajstić information content (AvgIpc) is 3.17. The molecule has 3 rings (SSSR count). The number of rotatable bonds is 5. The lowest BCUT2D eigenvalue weighted by molar-refractivity contribution is 0.102. The second kappa shape index (κ2) is 6.88. The molecule has 1 aromatic heterocycles. The number of carbonyl (C=O) groups is 1. The minimum Gasteiger partial charge on any atom is -0.322 e. The summed E-state index contributed by atoms with van der Waals surface area (Å²) in [5.41, 5.74) is 2.56. The number of hydrogen-bond acceptors (Lipinski definition) is 4. The summed E-state index contributed by atoms with van der Waals surface area (Å²) in [6, 6.07) is 14.9. The van der Waals surface area contributed by atoms with Gasteiger partial charge in [0.1, 0.15) is 0 Å². The largest absolute Gasteiger partial charge is 0.322 e. The molecule has 0 saturated heterocycles. The maximum absolute atomic E-state index is 12.4. The van der Waals surface area contributed by atoms with Crippen LogP contribution in [0.4, 0.5) is 5.69 Å². The lowest BCUT2D eigenvalue weighted by Crippen LogP contribution is -2.19. The summed E-state index contributed by atoms with van der Waals surface area (Å²) in [5, 5.41) is 9.53. The fraction of sp³-hybridized carbons (Fsp3) is 0.0588. The molecule has 3 N–H and O–H groups in total. The summed E-state index contributed by atoms with van der Waals surface area (Å²) in [7, 11) is -2.28. The number of benzene rings is 2. The van der Waals surface area contributed by atoms with Crippen molar-refractivity contribution in [2.45, 2.75) is 4.90 Å². The van der Waals surface area contributed by atoms with Crippen LogP contribution in [0, 0.1) is 0 Å². The molecule has 1 heterocycles. The third kappa shape index (κ3) is 3.76. The Labute approximate surface area is 145 Å². The van der Waals surface area contributed by atoms with E-state index in [-0.39, 0.29) is 10.5 Å². The molecule has 0 spiro atoms. The van der Waals surface area contributed by atoms with Crippen molar-refractivity contribution >= 4 is 21.6 Å². The molecule has 0 aliphatic carbocycles. The van der Waals surface area contributed by atoms with E-state index in [9.17, 15) is 13.2 Å². The van der Waals surface area contributed by atoms with E-state index < -0.39 is 15.9 Å². The molecule has 1 amide bonds. The second-order valence-electron chi connectivity index (χ2n) is 5.24. The van der Waals surface area contributed by atoms with Gasteiger partial charge in [-0.05, 0) is 43.4 Å². The second-order valence-corrected chi connectivity index (χ2v) is 7.13. The fourth-order valence-electron chi connectivity index (χ4n) is 2.31. The fourth-order valence-corrected chi connectivity index (χ4v) is 3.08. The zero-order valence-electron chi connectivity index (χ0n) is 13.4.